The molecule has 0 aromatic heterocycles. The molecule has 4 aromatic rings. The number of carbonyl (C=O) groups excluding carboxylic acids is 2. The number of benzene rings is 4. The summed E-state index contributed by atoms with van der Waals surface area (Å²) in [6.07, 6.45) is 0. The van der Waals surface area contributed by atoms with Crippen molar-refractivity contribution in [3.63, 3.8) is 0 Å². The van der Waals surface area contributed by atoms with Gasteiger partial charge in [0.1, 0.15) is 11.5 Å². The van der Waals surface area contributed by atoms with E-state index < -0.39 is 5.97 Å². The second-order valence-electron chi connectivity index (χ2n) is 6.88. The van der Waals surface area contributed by atoms with Gasteiger partial charge in [0, 0.05) is 5.56 Å². The molecule has 0 saturated carbocycles. The van der Waals surface area contributed by atoms with E-state index in [1.54, 1.807) is 36.4 Å². The quantitative estimate of drug-likeness (QED) is 0.270. The van der Waals surface area contributed by atoms with Gasteiger partial charge in [-0.15, -0.1) is 0 Å². The fraction of sp³-hybridized carbons (Fsp3) is 0.0370. The van der Waals surface area contributed by atoms with E-state index in [1.807, 2.05) is 72.8 Å². The highest BCUT2D eigenvalue weighted by molar-refractivity contribution is 5.99. The van der Waals surface area contributed by atoms with Gasteiger partial charge in [-0.3, -0.25) is 4.79 Å². The van der Waals surface area contributed by atoms with Gasteiger partial charge in [-0.05, 0) is 47.5 Å². The van der Waals surface area contributed by atoms with Crippen LogP contribution in [-0.2, 0) is 4.74 Å². The predicted octanol–water partition coefficient (Wildman–Crippen LogP) is 6.19. The molecule has 0 spiro atoms. The third-order valence-electron chi connectivity index (χ3n) is 4.72. The largest absolute Gasteiger partial charge is 0.457 e. The van der Waals surface area contributed by atoms with Crippen molar-refractivity contribution in [1.29, 1.82) is 0 Å². The highest BCUT2D eigenvalue weighted by Crippen LogP contribution is 2.22. The summed E-state index contributed by atoms with van der Waals surface area (Å²) in [6, 6.07) is 33.1. The number of ketones is 1. The first kappa shape index (κ1) is 20.1. The van der Waals surface area contributed by atoms with Crippen LogP contribution in [0.15, 0.2) is 109 Å². The lowest BCUT2D eigenvalue weighted by molar-refractivity contribution is 0.0474. The summed E-state index contributed by atoms with van der Waals surface area (Å²) in [6.45, 7) is -0.314. The SMILES string of the molecule is O=C(COC(=O)c1ccc(Oc2ccccc2)cc1)c1ccc(-c2ccccc2)cc1. The Balaban J connectivity index is 1.32. The Morgan fingerprint density at radius 2 is 1.06 bits per heavy atom. The van der Waals surface area contributed by atoms with Gasteiger partial charge in [-0.1, -0.05) is 72.8 Å². The van der Waals surface area contributed by atoms with Crippen molar-refractivity contribution in [2.45, 2.75) is 0 Å². The molecule has 0 aliphatic rings. The molecule has 0 saturated heterocycles. The molecule has 4 heteroatoms. The van der Waals surface area contributed by atoms with Crippen LogP contribution in [0.5, 0.6) is 11.5 Å². The van der Waals surface area contributed by atoms with Gasteiger partial charge in [-0.2, -0.15) is 0 Å². The fourth-order valence-electron chi connectivity index (χ4n) is 3.06. The van der Waals surface area contributed by atoms with Crippen molar-refractivity contribution in [2.75, 3.05) is 6.61 Å². The van der Waals surface area contributed by atoms with Crippen LogP contribution in [0.1, 0.15) is 20.7 Å². The van der Waals surface area contributed by atoms with Gasteiger partial charge >= 0.3 is 5.97 Å². The van der Waals surface area contributed by atoms with Crippen molar-refractivity contribution >= 4 is 11.8 Å². The molecule has 0 fully saturated rings. The third-order valence-corrected chi connectivity index (χ3v) is 4.72. The molecule has 0 unspecified atom stereocenters. The summed E-state index contributed by atoms with van der Waals surface area (Å²) in [5.74, 6) is 0.511. The summed E-state index contributed by atoms with van der Waals surface area (Å²) >= 11 is 0. The standard InChI is InChI=1S/C27H20O4/c28-26(22-13-11-21(12-14-22)20-7-3-1-4-8-20)19-30-27(29)23-15-17-25(18-16-23)31-24-9-5-2-6-10-24/h1-18H,19H2. The molecule has 0 heterocycles. The lowest BCUT2D eigenvalue weighted by Crippen LogP contribution is -2.14. The number of ether oxygens (including phenoxy) is 2. The Morgan fingerprint density at radius 1 is 0.548 bits per heavy atom. The average Bonchev–Trinajstić information content (AvgIpc) is 2.84. The minimum atomic E-state index is -0.555. The number of para-hydroxylation sites is 1. The van der Waals surface area contributed by atoms with Crippen LogP contribution in [0.2, 0.25) is 0 Å². The van der Waals surface area contributed by atoms with E-state index in [4.69, 9.17) is 9.47 Å². The highest BCUT2D eigenvalue weighted by atomic mass is 16.5. The van der Waals surface area contributed by atoms with Crippen molar-refractivity contribution in [1.82, 2.24) is 0 Å². The van der Waals surface area contributed by atoms with Crippen LogP contribution in [0.4, 0.5) is 0 Å². The van der Waals surface area contributed by atoms with E-state index >= 15 is 0 Å². The summed E-state index contributed by atoms with van der Waals surface area (Å²) in [5, 5.41) is 0. The molecular weight excluding hydrogens is 388 g/mol. The molecule has 4 nitrogen and oxygen atoms in total. The van der Waals surface area contributed by atoms with Gasteiger partial charge in [0.15, 0.2) is 12.4 Å². The minimum absolute atomic E-state index is 0.253. The lowest BCUT2D eigenvalue weighted by atomic mass is 10.0. The van der Waals surface area contributed by atoms with E-state index in [-0.39, 0.29) is 12.4 Å². The van der Waals surface area contributed by atoms with Crippen molar-refractivity contribution in [2.24, 2.45) is 0 Å². The molecule has 4 aromatic carbocycles. The van der Waals surface area contributed by atoms with Gasteiger partial charge in [0.2, 0.25) is 0 Å². The zero-order valence-corrected chi connectivity index (χ0v) is 16.7. The van der Waals surface area contributed by atoms with Gasteiger partial charge < -0.3 is 9.47 Å². The van der Waals surface area contributed by atoms with Crippen LogP contribution in [0.25, 0.3) is 11.1 Å². The van der Waals surface area contributed by atoms with Crippen molar-refractivity contribution < 1.29 is 19.1 Å². The number of hydrogen-bond acceptors (Lipinski definition) is 4. The topological polar surface area (TPSA) is 52.6 Å². The summed E-state index contributed by atoms with van der Waals surface area (Å²) < 4.78 is 10.9. The van der Waals surface area contributed by atoms with Crippen LogP contribution < -0.4 is 4.74 Å². The van der Waals surface area contributed by atoms with Crippen LogP contribution in [-0.4, -0.2) is 18.4 Å². The first-order valence-corrected chi connectivity index (χ1v) is 9.88. The van der Waals surface area contributed by atoms with E-state index in [1.165, 1.54) is 0 Å². The monoisotopic (exact) mass is 408 g/mol. The summed E-state index contributed by atoms with van der Waals surface area (Å²) in [5.41, 5.74) is 2.95. The van der Waals surface area contributed by atoms with Gasteiger partial charge in [0.25, 0.3) is 0 Å². The van der Waals surface area contributed by atoms with Gasteiger partial charge in [-0.25, -0.2) is 4.79 Å². The Morgan fingerprint density at radius 3 is 1.71 bits per heavy atom. The maximum atomic E-state index is 12.4. The zero-order chi connectivity index (χ0) is 21.5. The predicted molar refractivity (Wildman–Crippen MR) is 119 cm³/mol. The second-order valence-corrected chi connectivity index (χ2v) is 6.88. The first-order valence-electron chi connectivity index (χ1n) is 9.88. The number of hydrogen-bond donors (Lipinski definition) is 0. The third kappa shape index (κ3) is 5.25. The number of rotatable bonds is 7. The van der Waals surface area contributed by atoms with Crippen molar-refractivity contribution in [3.05, 3.63) is 120 Å². The van der Waals surface area contributed by atoms with E-state index in [2.05, 4.69) is 0 Å². The van der Waals surface area contributed by atoms with E-state index in [9.17, 15) is 9.59 Å². The molecule has 0 amide bonds. The molecule has 0 atom stereocenters. The van der Waals surface area contributed by atoms with Crippen molar-refractivity contribution in [3.8, 4) is 22.6 Å². The molecule has 31 heavy (non-hydrogen) atoms. The fourth-order valence-corrected chi connectivity index (χ4v) is 3.06. The minimum Gasteiger partial charge on any atom is -0.457 e. The second kappa shape index (κ2) is 9.55. The maximum absolute atomic E-state index is 12.4. The molecule has 0 bridgehead atoms. The number of esters is 1. The Bertz CT molecular complexity index is 1150. The maximum Gasteiger partial charge on any atom is 0.338 e. The van der Waals surface area contributed by atoms with Crippen LogP contribution in [0, 0.1) is 0 Å². The highest BCUT2D eigenvalue weighted by Gasteiger charge is 2.12. The van der Waals surface area contributed by atoms with Crippen LogP contribution >= 0.6 is 0 Å². The molecule has 0 N–H and O–H groups in total. The number of Topliss-reactive ketones (excluding diaryl/α,β-unsaturated/α-hetero) is 1. The Labute approximate surface area is 180 Å². The average molecular weight is 408 g/mol. The summed E-state index contributed by atoms with van der Waals surface area (Å²) in [7, 11) is 0. The first-order chi connectivity index (χ1) is 15.2. The van der Waals surface area contributed by atoms with Gasteiger partial charge in [0.05, 0.1) is 5.56 Å². The molecule has 152 valence electrons. The molecule has 0 aliphatic carbocycles. The summed E-state index contributed by atoms with van der Waals surface area (Å²) in [4.78, 5) is 24.7. The van der Waals surface area contributed by atoms with E-state index in [0.717, 1.165) is 11.1 Å². The Kier molecular flexibility index (Phi) is 6.19. The molecule has 4 rings (SSSR count). The molecule has 0 aliphatic heterocycles. The smallest absolute Gasteiger partial charge is 0.338 e. The van der Waals surface area contributed by atoms with E-state index in [0.29, 0.717) is 22.6 Å². The molecule has 0 radical (unpaired) electrons. The zero-order valence-electron chi connectivity index (χ0n) is 16.7. The number of carbonyl (C=O) groups is 2. The van der Waals surface area contributed by atoms with Crippen LogP contribution in [0.3, 0.4) is 0 Å². The lowest BCUT2D eigenvalue weighted by Gasteiger charge is -2.08. The molecular formula is C27H20O4. The normalized spacial score (nSPS) is 10.3. The Hall–Kier alpha value is -4.18.